The van der Waals surface area contributed by atoms with Crippen molar-refractivity contribution in [1.82, 2.24) is 0 Å². The molecule has 0 N–H and O–H groups in total. The van der Waals surface area contributed by atoms with Crippen molar-refractivity contribution in [3.63, 3.8) is 0 Å². The summed E-state index contributed by atoms with van der Waals surface area (Å²) in [4.78, 5) is 13.2. The van der Waals surface area contributed by atoms with Gasteiger partial charge in [0.15, 0.2) is 5.78 Å². The Morgan fingerprint density at radius 1 is 1.37 bits per heavy atom. The highest BCUT2D eigenvalue weighted by atomic mass is 16.1. The van der Waals surface area contributed by atoms with Crippen molar-refractivity contribution >= 4 is 5.78 Å². The van der Waals surface area contributed by atoms with Gasteiger partial charge < -0.3 is 0 Å². The highest BCUT2D eigenvalue weighted by Gasteiger charge is 2.76. The van der Waals surface area contributed by atoms with Crippen LogP contribution in [0.25, 0.3) is 0 Å². The van der Waals surface area contributed by atoms with E-state index in [9.17, 15) is 4.79 Å². The number of hydrogen-bond donors (Lipinski definition) is 0. The van der Waals surface area contributed by atoms with Gasteiger partial charge in [-0.25, -0.2) is 0 Å². The SMILES string of the molecule is C=C[C@@H]1C(=O)[C@]23C(C)=CC(C)=C2[C@@H]3C[C@@H]2[C@H]1C2(C)C. The molecular weight excluding hydrogens is 232 g/mol. The summed E-state index contributed by atoms with van der Waals surface area (Å²) in [5.41, 5.74) is 4.24. The predicted octanol–water partition coefficient (Wildman–Crippen LogP) is 3.93. The van der Waals surface area contributed by atoms with Gasteiger partial charge in [-0.3, -0.25) is 4.79 Å². The maximum Gasteiger partial charge on any atom is 0.154 e. The third-order valence-corrected chi connectivity index (χ3v) is 6.65. The van der Waals surface area contributed by atoms with Crippen molar-refractivity contribution in [3.05, 3.63) is 35.5 Å². The molecule has 4 aliphatic carbocycles. The maximum atomic E-state index is 13.2. The molecule has 1 spiro atoms. The van der Waals surface area contributed by atoms with Gasteiger partial charge in [0.1, 0.15) is 0 Å². The number of ketones is 1. The van der Waals surface area contributed by atoms with Crippen LogP contribution in [0.1, 0.15) is 34.1 Å². The summed E-state index contributed by atoms with van der Waals surface area (Å²) in [6.07, 6.45) is 5.38. The molecule has 0 aromatic carbocycles. The van der Waals surface area contributed by atoms with Gasteiger partial charge in [0.05, 0.1) is 5.41 Å². The third-order valence-electron chi connectivity index (χ3n) is 6.65. The van der Waals surface area contributed by atoms with Crippen molar-refractivity contribution in [2.24, 2.45) is 34.5 Å². The Labute approximate surface area is 115 Å². The lowest BCUT2D eigenvalue weighted by molar-refractivity contribution is -0.126. The Balaban J connectivity index is 1.85. The first kappa shape index (κ1) is 11.7. The van der Waals surface area contributed by atoms with Gasteiger partial charge >= 0.3 is 0 Å². The zero-order valence-corrected chi connectivity index (χ0v) is 12.3. The van der Waals surface area contributed by atoms with Crippen LogP contribution in [0.4, 0.5) is 0 Å². The van der Waals surface area contributed by atoms with Crippen LogP contribution in [-0.2, 0) is 4.79 Å². The van der Waals surface area contributed by atoms with Gasteiger partial charge in [0.2, 0.25) is 0 Å². The van der Waals surface area contributed by atoms with E-state index in [1.54, 1.807) is 0 Å². The molecule has 100 valence electrons. The lowest BCUT2D eigenvalue weighted by atomic mass is 9.80. The molecule has 1 heteroatoms. The molecule has 0 bridgehead atoms. The third kappa shape index (κ3) is 1.01. The second-order valence-corrected chi connectivity index (χ2v) is 7.60. The van der Waals surface area contributed by atoms with Crippen molar-refractivity contribution in [1.29, 1.82) is 0 Å². The van der Waals surface area contributed by atoms with Crippen molar-refractivity contribution in [2.75, 3.05) is 0 Å². The van der Waals surface area contributed by atoms with E-state index in [1.807, 2.05) is 6.08 Å². The number of carbonyl (C=O) groups excluding carboxylic acids is 1. The fourth-order valence-electron chi connectivity index (χ4n) is 5.66. The minimum atomic E-state index is -0.188. The molecule has 5 atom stereocenters. The van der Waals surface area contributed by atoms with E-state index < -0.39 is 0 Å². The van der Waals surface area contributed by atoms with Gasteiger partial charge in [-0.2, -0.15) is 0 Å². The van der Waals surface area contributed by atoms with Crippen LogP contribution in [0.5, 0.6) is 0 Å². The lowest BCUT2D eigenvalue weighted by Gasteiger charge is -2.21. The monoisotopic (exact) mass is 254 g/mol. The molecule has 0 heterocycles. The van der Waals surface area contributed by atoms with Crippen LogP contribution < -0.4 is 0 Å². The summed E-state index contributed by atoms with van der Waals surface area (Å²) < 4.78 is 0. The molecule has 4 aliphatic rings. The maximum absolute atomic E-state index is 13.2. The van der Waals surface area contributed by atoms with Crippen LogP contribution in [-0.4, -0.2) is 5.78 Å². The molecule has 1 nitrogen and oxygen atoms in total. The Bertz CT molecular complexity index is 589. The van der Waals surface area contributed by atoms with E-state index >= 15 is 0 Å². The average molecular weight is 254 g/mol. The van der Waals surface area contributed by atoms with Gasteiger partial charge in [0.25, 0.3) is 0 Å². The quantitative estimate of drug-likeness (QED) is 0.648. The number of rotatable bonds is 1. The largest absolute Gasteiger partial charge is 0.298 e. The van der Waals surface area contributed by atoms with E-state index in [4.69, 9.17) is 0 Å². The molecule has 0 aromatic rings. The molecule has 3 saturated carbocycles. The van der Waals surface area contributed by atoms with Gasteiger partial charge in [-0.05, 0) is 43.1 Å². The number of allylic oxidation sites excluding steroid dienone is 5. The van der Waals surface area contributed by atoms with Crippen molar-refractivity contribution in [2.45, 2.75) is 34.1 Å². The van der Waals surface area contributed by atoms with E-state index in [0.717, 1.165) is 0 Å². The first-order chi connectivity index (χ1) is 8.88. The number of hydrogen-bond acceptors (Lipinski definition) is 1. The zero-order valence-electron chi connectivity index (χ0n) is 12.3. The number of carbonyl (C=O) groups is 1. The van der Waals surface area contributed by atoms with Crippen LogP contribution in [0.15, 0.2) is 35.5 Å². The molecule has 0 amide bonds. The normalized spacial score (nSPS) is 48.8. The zero-order chi connectivity index (χ0) is 13.7. The summed E-state index contributed by atoms with van der Waals surface area (Å²) >= 11 is 0. The molecule has 4 rings (SSSR count). The first-order valence-electron chi connectivity index (χ1n) is 7.45. The molecule has 3 fully saturated rings. The fourth-order valence-corrected chi connectivity index (χ4v) is 5.66. The molecule has 0 unspecified atom stereocenters. The smallest absolute Gasteiger partial charge is 0.154 e. The second kappa shape index (κ2) is 2.97. The van der Waals surface area contributed by atoms with E-state index in [0.29, 0.717) is 29.0 Å². The van der Waals surface area contributed by atoms with Gasteiger partial charge in [-0.1, -0.05) is 37.1 Å². The highest BCUT2D eigenvalue weighted by molar-refractivity contribution is 6.02. The predicted molar refractivity (Wildman–Crippen MR) is 76.5 cm³/mol. The Morgan fingerprint density at radius 2 is 2.05 bits per heavy atom. The molecule has 19 heavy (non-hydrogen) atoms. The fraction of sp³-hybridized carbons (Fsp3) is 0.611. The molecule has 0 aromatic heterocycles. The summed E-state index contributed by atoms with van der Waals surface area (Å²) in [7, 11) is 0. The Hall–Kier alpha value is -1.11. The average Bonchev–Trinajstić information content (AvgIpc) is 3.11. The van der Waals surface area contributed by atoms with Crippen LogP contribution in [0.3, 0.4) is 0 Å². The molecule has 0 saturated heterocycles. The number of fused-ring (bicyclic) bond motifs is 2. The van der Waals surface area contributed by atoms with Crippen LogP contribution in [0.2, 0.25) is 0 Å². The van der Waals surface area contributed by atoms with E-state index in [-0.39, 0.29) is 11.3 Å². The topological polar surface area (TPSA) is 17.1 Å². The standard InChI is InChI=1S/C18H22O/c1-6-11-15-12(17(15,4)5)8-13-14-9(2)7-10(3)18(13,14)16(11)19/h6-7,11-13,15H,1,8H2,2-5H3/t11-,12+,13-,15-,18-/m0/s1. The Kier molecular flexibility index (Phi) is 1.83. The summed E-state index contributed by atoms with van der Waals surface area (Å²) in [6.45, 7) is 12.9. The molecule has 0 radical (unpaired) electrons. The van der Waals surface area contributed by atoms with Crippen LogP contribution >= 0.6 is 0 Å². The summed E-state index contributed by atoms with van der Waals surface area (Å²) in [5.74, 6) is 2.28. The lowest BCUT2D eigenvalue weighted by Crippen LogP contribution is -2.28. The number of Topliss-reactive ketones (excluding diaryl/α,β-unsaturated/α-hetero) is 1. The van der Waals surface area contributed by atoms with Crippen molar-refractivity contribution < 1.29 is 4.79 Å². The minimum absolute atomic E-state index is 0.0664. The second-order valence-electron chi connectivity index (χ2n) is 7.60. The van der Waals surface area contributed by atoms with Gasteiger partial charge in [-0.15, -0.1) is 6.58 Å². The minimum Gasteiger partial charge on any atom is -0.298 e. The summed E-state index contributed by atoms with van der Waals surface area (Å²) in [5, 5.41) is 0. The van der Waals surface area contributed by atoms with E-state index in [1.165, 1.54) is 23.1 Å². The van der Waals surface area contributed by atoms with Crippen molar-refractivity contribution in [3.8, 4) is 0 Å². The van der Waals surface area contributed by atoms with E-state index in [2.05, 4.69) is 40.3 Å². The highest BCUT2D eigenvalue weighted by Crippen LogP contribution is 2.79. The van der Waals surface area contributed by atoms with Crippen LogP contribution in [0, 0.1) is 34.5 Å². The first-order valence-corrected chi connectivity index (χ1v) is 7.45. The summed E-state index contributed by atoms with van der Waals surface area (Å²) in [6, 6.07) is 0. The molecule has 0 aliphatic heterocycles. The molecular formula is C18H22O. The Morgan fingerprint density at radius 3 is 2.68 bits per heavy atom. The van der Waals surface area contributed by atoms with Gasteiger partial charge in [0, 0.05) is 11.8 Å².